The Morgan fingerprint density at radius 1 is 1.34 bits per heavy atom. The summed E-state index contributed by atoms with van der Waals surface area (Å²) in [7, 11) is 0. The minimum Gasteiger partial charge on any atom is -0.486 e. The first-order chi connectivity index (χ1) is 15.2. The van der Waals surface area contributed by atoms with Crippen LogP contribution in [0.1, 0.15) is 31.7 Å². The lowest BCUT2D eigenvalue weighted by Crippen LogP contribution is -2.48. The van der Waals surface area contributed by atoms with Crippen molar-refractivity contribution < 1.29 is 32.5 Å². The van der Waals surface area contributed by atoms with Gasteiger partial charge < -0.3 is 19.5 Å². The summed E-state index contributed by atoms with van der Waals surface area (Å²) >= 11 is 0. The number of rotatable bonds is 4. The lowest BCUT2D eigenvalue weighted by atomic mass is 9.89. The van der Waals surface area contributed by atoms with Crippen molar-refractivity contribution in [1.82, 2.24) is 15.0 Å². The minimum absolute atomic E-state index is 0.0764. The SMILES string of the molecule is CCc1cnc(N2CCCC3(CC(Oc4cccnc4)CO3)C2)nc1.O=C(O)C(F)(F)F. The van der Waals surface area contributed by atoms with Crippen LogP contribution in [0.3, 0.4) is 0 Å². The lowest BCUT2D eigenvalue weighted by Gasteiger charge is -2.39. The van der Waals surface area contributed by atoms with E-state index >= 15 is 0 Å². The third-order valence-electron chi connectivity index (χ3n) is 5.28. The van der Waals surface area contributed by atoms with Crippen molar-refractivity contribution in [2.45, 2.75) is 50.5 Å². The molecule has 1 spiro atoms. The fraction of sp³-hybridized carbons (Fsp3) is 0.524. The summed E-state index contributed by atoms with van der Waals surface area (Å²) in [6.45, 7) is 4.54. The molecule has 2 fully saturated rings. The van der Waals surface area contributed by atoms with E-state index < -0.39 is 12.1 Å². The van der Waals surface area contributed by atoms with Crippen LogP contribution in [0, 0.1) is 0 Å². The summed E-state index contributed by atoms with van der Waals surface area (Å²) in [5.41, 5.74) is 1.01. The predicted molar refractivity (Wildman–Crippen MR) is 109 cm³/mol. The smallest absolute Gasteiger partial charge is 0.486 e. The quantitative estimate of drug-likeness (QED) is 0.752. The highest BCUT2D eigenvalue weighted by atomic mass is 19.4. The van der Waals surface area contributed by atoms with Gasteiger partial charge in [-0.2, -0.15) is 13.2 Å². The Kier molecular flexibility index (Phi) is 7.49. The number of piperidine rings is 1. The monoisotopic (exact) mass is 454 g/mol. The second kappa shape index (κ2) is 10.1. The highest BCUT2D eigenvalue weighted by Gasteiger charge is 2.45. The number of alkyl halides is 3. The van der Waals surface area contributed by atoms with Crippen molar-refractivity contribution >= 4 is 11.9 Å². The predicted octanol–water partition coefficient (Wildman–Crippen LogP) is 3.27. The fourth-order valence-corrected chi connectivity index (χ4v) is 3.73. The second-order valence-corrected chi connectivity index (χ2v) is 7.70. The maximum Gasteiger partial charge on any atom is 0.490 e. The molecule has 2 unspecified atom stereocenters. The largest absolute Gasteiger partial charge is 0.490 e. The molecule has 2 aromatic rings. The van der Waals surface area contributed by atoms with Gasteiger partial charge in [0, 0.05) is 38.1 Å². The van der Waals surface area contributed by atoms with Crippen LogP contribution in [-0.4, -0.2) is 63.6 Å². The molecule has 0 aromatic carbocycles. The van der Waals surface area contributed by atoms with E-state index in [4.69, 9.17) is 19.4 Å². The molecule has 4 heterocycles. The van der Waals surface area contributed by atoms with Gasteiger partial charge in [0.15, 0.2) is 0 Å². The van der Waals surface area contributed by atoms with Crippen LogP contribution in [0.4, 0.5) is 19.1 Å². The molecular formula is C21H25F3N4O4. The van der Waals surface area contributed by atoms with Gasteiger partial charge in [0.1, 0.15) is 11.9 Å². The number of halogens is 3. The molecule has 1 N–H and O–H groups in total. The molecule has 0 saturated carbocycles. The van der Waals surface area contributed by atoms with Gasteiger partial charge in [-0.25, -0.2) is 14.8 Å². The normalized spacial score (nSPS) is 22.9. The maximum atomic E-state index is 10.6. The van der Waals surface area contributed by atoms with Crippen LogP contribution in [-0.2, 0) is 16.0 Å². The van der Waals surface area contributed by atoms with Crippen molar-refractivity contribution in [2.24, 2.45) is 0 Å². The number of carbonyl (C=O) groups is 1. The lowest BCUT2D eigenvalue weighted by molar-refractivity contribution is -0.192. The molecule has 2 aliphatic rings. The number of nitrogens with zero attached hydrogens (tertiary/aromatic N) is 4. The second-order valence-electron chi connectivity index (χ2n) is 7.70. The summed E-state index contributed by atoms with van der Waals surface area (Å²) in [5, 5.41) is 7.12. The number of hydrogen-bond acceptors (Lipinski definition) is 7. The number of ether oxygens (including phenoxy) is 2. The van der Waals surface area contributed by atoms with Crippen molar-refractivity contribution in [3.8, 4) is 5.75 Å². The number of anilines is 1. The maximum absolute atomic E-state index is 10.6. The number of carboxylic acid groups (broad SMARTS) is 1. The van der Waals surface area contributed by atoms with E-state index in [1.807, 2.05) is 24.5 Å². The summed E-state index contributed by atoms with van der Waals surface area (Å²) < 4.78 is 44.0. The Morgan fingerprint density at radius 3 is 2.66 bits per heavy atom. The summed E-state index contributed by atoms with van der Waals surface area (Å²) in [4.78, 5) is 24.3. The van der Waals surface area contributed by atoms with Crippen molar-refractivity contribution in [1.29, 1.82) is 0 Å². The average Bonchev–Trinajstić information content (AvgIpc) is 3.15. The zero-order valence-electron chi connectivity index (χ0n) is 17.6. The van der Waals surface area contributed by atoms with Crippen molar-refractivity contribution in [2.75, 3.05) is 24.6 Å². The van der Waals surface area contributed by atoms with Gasteiger partial charge >= 0.3 is 12.1 Å². The zero-order valence-corrected chi connectivity index (χ0v) is 17.6. The molecule has 0 radical (unpaired) electrons. The number of aliphatic carboxylic acids is 1. The minimum atomic E-state index is -5.08. The first kappa shape index (κ1) is 23.7. The van der Waals surface area contributed by atoms with Gasteiger partial charge in [-0.15, -0.1) is 0 Å². The van der Waals surface area contributed by atoms with Crippen LogP contribution in [0.5, 0.6) is 5.75 Å². The van der Waals surface area contributed by atoms with E-state index in [1.165, 1.54) is 0 Å². The number of aryl methyl sites for hydroxylation is 1. The van der Waals surface area contributed by atoms with Crippen LogP contribution < -0.4 is 9.64 Å². The van der Waals surface area contributed by atoms with E-state index in [1.54, 1.807) is 12.4 Å². The number of carboxylic acids is 1. The van der Waals surface area contributed by atoms with Crippen molar-refractivity contribution in [3.05, 3.63) is 42.5 Å². The van der Waals surface area contributed by atoms with Gasteiger partial charge in [-0.3, -0.25) is 4.98 Å². The average molecular weight is 454 g/mol. The van der Waals surface area contributed by atoms with E-state index in [-0.39, 0.29) is 11.7 Å². The molecule has 8 nitrogen and oxygen atoms in total. The van der Waals surface area contributed by atoms with Gasteiger partial charge in [-0.1, -0.05) is 6.92 Å². The van der Waals surface area contributed by atoms with Crippen molar-refractivity contribution in [3.63, 3.8) is 0 Å². The van der Waals surface area contributed by atoms with E-state index in [0.29, 0.717) is 6.61 Å². The summed E-state index contributed by atoms with van der Waals surface area (Å²) in [6.07, 6.45) is 6.34. The molecule has 2 aromatic heterocycles. The Hall–Kier alpha value is -2.95. The summed E-state index contributed by atoms with van der Waals surface area (Å²) in [5.74, 6) is -1.15. The molecule has 0 bridgehead atoms. The number of aromatic nitrogens is 3. The molecule has 0 amide bonds. The van der Waals surface area contributed by atoms with Crippen LogP contribution in [0.25, 0.3) is 0 Å². The van der Waals surface area contributed by atoms with Gasteiger partial charge in [0.05, 0.1) is 18.4 Å². The highest BCUT2D eigenvalue weighted by Crippen LogP contribution is 2.37. The molecular weight excluding hydrogens is 429 g/mol. The highest BCUT2D eigenvalue weighted by molar-refractivity contribution is 5.73. The first-order valence-corrected chi connectivity index (χ1v) is 10.3. The van der Waals surface area contributed by atoms with Crippen LogP contribution in [0.15, 0.2) is 36.9 Å². The van der Waals surface area contributed by atoms with E-state index in [9.17, 15) is 13.2 Å². The molecule has 174 valence electrons. The Balaban J connectivity index is 0.000000360. The van der Waals surface area contributed by atoms with Gasteiger partial charge in [0.25, 0.3) is 0 Å². The van der Waals surface area contributed by atoms with E-state index in [2.05, 4.69) is 26.8 Å². The molecule has 11 heteroatoms. The summed E-state index contributed by atoms with van der Waals surface area (Å²) in [6, 6.07) is 3.83. The number of pyridine rings is 1. The number of hydrogen-bond donors (Lipinski definition) is 1. The molecule has 2 aliphatic heterocycles. The van der Waals surface area contributed by atoms with E-state index in [0.717, 1.165) is 56.0 Å². The molecule has 4 rings (SSSR count). The Labute approximate surface area is 183 Å². The zero-order chi connectivity index (χ0) is 23.2. The van der Waals surface area contributed by atoms with Gasteiger partial charge in [-0.05, 0) is 37.0 Å². The molecule has 2 saturated heterocycles. The fourth-order valence-electron chi connectivity index (χ4n) is 3.73. The third-order valence-corrected chi connectivity index (χ3v) is 5.28. The Morgan fingerprint density at radius 2 is 2.06 bits per heavy atom. The van der Waals surface area contributed by atoms with Gasteiger partial charge in [0.2, 0.25) is 5.95 Å². The topological polar surface area (TPSA) is 97.7 Å². The standard InChI is InChI=1S/C19H24N4O2.C2HF3O2/c1-2-15-10-21-18(22-11-15)23-8-4-6-19(14-23)9-17(13-24-19)25-16-5-3-7-20-12-16;3-2(4,5)1(6)7/h3,5,7,10-12,17H,2,4,6,8-9,13-14H2,1H3;(H,6,7). The molecule has 2 atom stereocenters. The third kappa shape index (κ3) is 6.28. The first-order valence-electron chi connectivity index (χ1n) is 10.3. The molecule has 0 aliphatic carbocycles. The van der Waals surface area contributed by atoms with Crippen LogP contribution >= 0.6 is 0 Å². The van der Waals surface area contributed by atoms with Crippen LogP contribution in [0.2, 0.25) is 0 Å². The Bertz CT molecular complexity index is 883. The molecule has 32 heavy (non-hydrogen) atoms.